The molecule has 0 bridgehead atoms. The zero-order chi connectivity index (χ0) is 17.9. The number of sulfone groups is 1. The molecule has 7 heteroatoms. The summed E-state index contributed by atoms with van der Waals surface area (Å²) in [6.45, 7) is 0. The van der Waals surface area contributed by atoms with Gasteiger partial charge in [-0.1, -0.05) is 29.8 Å². The second-order valence-electron chi connectivity index (χ2n) is 5.60. The summed E-state index contributed by atoms with van der Waals surface area (Å²) in [6.07, 6.45) is 3.25. The van der Waals surface area contributed by atoms with Gasteiger partial charge in [-0.05, 0) is 42.0 Å². The Kier molecular flexibility index (Phi) is 5.11. The van der Waals surface area contributed by atoms with Crippen LogP contribution in [0.4, 0.5) is 5.69 Å². The van der Waals surface area contributed by atoms with Gasteiger partial charge in [0.25, 0.3) is 5.91 Å². The Morgan fingerprint density at radius 1 is 1.16 bits per heavy atom. The molecule has 0 aliphatic carbocycles. The third-order valence-corrected chi connectivity index (χ3v) is 5.82. The predicted molar refractivity (Wildman–Crippen MR) is 96.0 cm³/mol. The van der Waals surface area contributed by atoms with Crippen LogP contribution >= 0.6 is 11.6 Å². The lowest BCUT2D eigenvalue weighted by Crippen LogP contribution is -2.26. The molecule has 0 radical (unpaired) electrons. The highest BCUT2D eigenvalue weighted by molar-refractivity contribution is 7.90. The van der Waals surface area contributed by atoms with Crippen LogP contribution in [-0.2, 0) is 25.1 Å². The molecule has 2 aromatic rings. The van der Waals surface area contributed by atoms with Crippen molar-refractivity contribution in [1.82, 2.24) is 0 Å². The molecule has 0 spiro atoms. The van der Waals surface area contributed by atoms with E-state index in [4.69, 9.17) is 16.3 Å². The molecule has 1 unspecified atom stereocenters. The molecule has 0 fully saturated rings. The maximum Gasteiger partial charge on any atom is 0.265 e. The lowest BCUT2D eigenvalue weighted by atomic mass is 10.2. The molecule has 0 saturated carbocycles. The van der Waals surface area contributed by atoms with Crippen LogP contribution in [-0.4, -0.2) is 20.4 Å². The Morgan fingerprint density at radius 3 is 2.52 bits per heavy atom. The van der Waals surface area contributed by atoms with Crippen LogP contribution in [0.3, 0.4) is 0 Å². The Morgan fingerprint density at radius 2 is 1.88 bits per heavy atom. The number of hydrogen-bond donors (Lipinski definition) is 1. The predicted octanol–water partition coefficient (Wildman–Crippen LogP) is 3.56. The van der Waals surface area contributed by atoms with Gasteiger partial charge in [-0.25, -0.2) is 8.42 Å². The average molecular weight is 378 g/mol. The van der Waals surface area contributed by atoms with Crippen molar-refractivity contribution in [1.29, 1.82) is 0 Å². The summed E-state index contributed by atoms with van der Waals surface area (Å²) in [5, 5.41) is 3.12. The van der Waals surface area contributed by atoms with Crippen molar-refractivity contribution in [2.24, 2.45) is 0 Å². The first kappa shape index (κ1) is 17.5. The first-order valence-corrected chi connectivity index (χ1v) is 9.66. The van der Waals surface area contributed by atoms with Crippen molar-refractivity contribution in [3.8, 4) is 0 Å². The van der Waals surface area contributed by atoms with Gasteiger partial charge < -0.3 is 10.1 Å². The van der Waals surface area contributed by atoms with E-state index < -0.39 is 15.9 Å². The molecule has 1 heterocycles. The first-order valence-electron chi connectivity index (χ1n) is 7.63. The molecule has 130 valence electrons. The number of carbonyl (C=O) groups is 1. The van der Waals surface area contributed by atoms with Gasteiger partial charge in [-0.3, -0.25) is 4.79 Å². The monoisotopic (exact) mass is 377 g/mol. The van der Waals surface area contributed by atoms with Crippen LogP contribution in [0, 0.1) is 0 Å². The van der Waals surface area contributed by atoms with Gasteiger partial charge in [0.15, 0.2) is 15.9 Å². The van der Waals surface area contributed by atoms with E-state index in [1.54, 1.807) is 42.5 Å². The minimum Gasteiger partial charge on any atom is -0.488 e. The highest BCUT2D eigenvalue weighted by Crippen LogP contribution is 2.23. The lowest BCUT2D eigenvalue weighted by Gasteiger charge is -2.11. The molecule has 0 aromatic heterocycles. The smallest absolute Gasteiger partial charge is 0.265 e. The lowest BCUT2D eigenvalue weighted by molar-refractivity contribution is -0.123. The largest absolute Gasteiger partial charge is 0.488 e. The number of nitrogens with one attached hydrogen (secondary N) is 1. The van der Waals surface area contributed by atoms with Gasteiger partial charge >= 0.3 is 0 Å². The third-order valence-electron chi connectivity index (χ3n) is 3.77. The van der Waals surface area contributed by atoms with E-state index in [0.29, 0.717) is 22.7 Å². The fraction of sp³-hybridized carbons (Fsp3) is 0.167. The third kappa shape index (κ3) is 4.21. The van der Waals surface area contributed by atoms with Gasteiger partial charge in [-0.15, -0.1) is 0 Å². The maximum atomic E-state index is 12.5. The summed E-state index contributed by atoms with van der Waals surface area (Å²) in [5.41, 5.74) is 1.06. The summed E-state index contributed by atoms with van der Waals surface area (Å²) < 4.78 is 30.2. The van der Waals surface area contributed by atoms with Gasteiger partial charge in [0.2, 0.25) is 0 Å². The quantitative estimate of drug-likeness (QED) is 0.864. The molecule has 1 atom stereocenters. The molecule has 1 amide bonds. The number of halogens is 1. The summed E-state index contributed by atoms with van der Waals surface area (Å²) in [6, 6.07) is 12.9. The summed E-state index contributed by atoms with van der Waals surface area (Å²) in [4.78, 5) is 12.1. The zero-order valence-corrected chi connectivity index (χ0v) is 14.8. The fourth-order valence-corrected chi connectivity index (χ4v) is 4.09. The SMILES string of the molecule is O=C(Nc1ccc(S(=O)(=O)Cc2ccccc2Cl)cc1)C1CC=CO1. The second kappa shape index (κ2) is 7.29. The van der Waals surface area contributed by atoms with Gasteiger partial charge in [0, 0.05) is 17.1 Å². The topological polar surface area (TPSA) is 72.5 Å². The van der Waals surface area contributed by atoms with Crippen LogP contribution in [0.5, 0.6) is 0 Å². The number of anilines is 1. The van der Waals surface area contributed by atoms with Crippen LogP contribution < -0.4 is 5.32 Å². The minimum absolute atomic E-state index is 0.171. The average Bonchev–Trinajstić information content (AvgIpc) is 3.12. The van der Waals surface area contributed by atoms with Gasteiger partial charge in [-0.2, -0.15) is 0 Å². The van der Waals surface area contributed by atoms with Crippen molar-refractivity contribution in [2.45, 2.75) is 23.2 Å². The number of hydrogen-bond acceptors (Lipinski definition) is 4. The van der Waals surface area contributed by atoms with E-state index in [-0.39, 0.29) is 16.6 Å². The number of benzene rings is 2. The van der Waals surface area contributed by atoms with Crippen LogP contribution in [0.1, 0.15) is 12.0 Å². The molecule has 0 saturated heterocycles. The highest BCUT2D eigenvalue weighted by atomic mass is 35.5. The van der Waals surface area contributed by atoms with Crippen molar-refractivity contribution in [2.75, 3.05) is 5.32 Å². The molecular formula is C18H16ClNO4S. The zero-order valence-electron chi connectivity index (χ0n) is 13.2. The molecule has 1 N–H and O–H groups in total. The van der Waals surface area contributed by atoms with Crippen molar-refractivity contribution in [3.05, 3.63) is 71.5 Å². The minimum atomic E-state index is -3.53. The van der Waals surface area contributed by atoms with Gasteiger partial charge in [0.1, 0.15) is 0 Å². The summed E-state index contributed by atoms with van der Waals surface area (Å²) in [5.74, 6) is -0.448. The van der Waals surface area contributed by atoms with Gasteiger partial charge in [0.05, 0.1) is 16.9 Å². The van der Waals surface area contributed by atoms with E-state index in [1.807, 2.05) is 0 Å². The maximum absolute atomic E-state index is 12.5. The van der Waals surface area contributed by atoms with E-state index in [9.17, 15) is 13.2 Å². The Hall–Kier alpha value is -2.31. The Balaban J connectivity index is 1.70. The molecule has 3 rings (SSSR count). The highest BCUT2D eigenvalue weighted by Gasteiger charge is 2.21. The number of carbonyl (C=O) groups excluding carboxylic acids is 1. The number of ether oxygens (including phenoxy) is 1. The first-order chi connectivity index (χ1) is 12.0. The molecule has 1 aliphatic heterocycles. The Bertz CT molecular complexity index is 899. The molecular weight excluding hydrogens is 362 g/mol. The van der Waals surface area contributed by atoms with Crippen molar-refractivity contribution in [3.63, 3.8) is 0 Å². The molecule has 5 nitrogen and oxygen atoms in total. The van der Waals surface area contributed by atoms with Crippen LogP contribution in [0.25, 0.3) is 0 Å². The van der Waals surface area contributed by atoms with Crippen LogP contribution in [0.2, 0.25) is 5.02 Å². The van der Waals surface area contributed by atoms with E-state index in [1.165, 1.54) is 18.4 Å². The summed E-state index contributed by atoms with van der Waals surface area (Å²) in [7, 11) is -3.53. The van der Waals surface area contributed by atoms with E-state index in [2.05, 4.69) is 5.32 Å². The summed E-state index contributed by atoms with van der Waals surface area (Å²) >= 11 is 6.03. The Labute approximate surface area is 151 Å². The van der Waals surface area contributed by atoms with Crippen molar-refractivity contribution < 1.29 is 17.9 Å². The standard InChI is InChI=1S/C18H16ClNO4S/c19-16-5-2-1-4-13(16)12-25(22,23)15-9-7-14(8-10-15)20-18(21)17-6-3-11-24-17/h1-5,7-11,17H,6,12H2,(H,20,21). The van der Waals surface area contributed by atoms with Crippen LogP contribution in [0.15, 0.2) is 65.8 Å². The number of rotatable bonds is 5. The van der Waals surface area contributed by atoms with E-state index in [0.717, 1.165) is 0 Å². The molecule has 2 aromatic carbocycles. The van der Waals surface area contributed by atoms with Crippen molar-refractivity contribution >= 4 is 33.0 Å². The normalized spacial score (nSPS) is 16.4. The van der Waals surface area contributed by atoms with E-state index >= 15 is 0 Å². The number of amides is 1. The second-order valence-corrected chi connectivity index (χ2v) is 7.99. The fourth-order valence-electron chi connectivity index (χ4n) is 2.43. The molecule has 1 aliphatic rings. The molecule has 25 heavy (non-hydrogen) atoms.